The Morgan fingerprint density at radius 2 is 2.16 bits per heavy atom. The van der Waals surface area contributed by atoms with E-state index in [0.29, 0.717) is 6.42 Å². The third kappa shape index (κ3) is 4.84. The number of rotatable bonds is 7. The molecule has 0 saturated heterocycles. The predicted molar refractivity (Wildman–Crippen MR) is 67.2 cm³/mol. The highest BCUT2D eigenvalue weighted by atomic mass is 19.1. The Labute approximate surface area is 111 Å². The molecule has 3 N–H and O–H groups in total. The molecule has 1 aromatic carbocycles. The van der Waals surface area contributed by atoms with Gasteiger partial charge in [0.2, 0.25) is 0 Å². The maximum Gasteiger partial charge on any atom is 0.261 e. The number of carbonyl (C=O) groups excluding carboxylic acids is 1. The molecule has 5 nitrogen and oxygen atoms in total. The molecule has 0 spiro atoms. The van der Waals surface area contributed by atoms with Crippen molar-refractivity contribution >= 4 is 5.91 Å². The van der Waals surface area contributed by atoms with Crippen LogP contribution in [0.5, 0.6) is 5.75 Å². The molecule has 0 aliphatic rings. The van der Waals surface area contributed by atoms with Crippen molar-refractivity contribution < 1.29 is 24.1 Å². The number of benzene rings is 1. The van der Waals surface area contributed by atoms with E-state index in [2.05, 4.69) is 5.32 Å². The average molecular weight is 271 g/mol. The number of amides is 1. The van der Waals surface area contributed by atoms with Gasteiger partial charge in [-0.25, -0.2) is 4.39 Å². The molecule has 1 amide bonds. The molecule has 106 valence electrons. The van der Waals surface area contributed by atoms with Gasteiger partial charge in [-0.2, -0.15) is 0 Å². The van der Waals surface area contributed by atoms with Gasteiger partial charge in [-0.1, -0.05) is 19.1 Å². The summed E-state index contributed by atoms with van der Waals surface area (Å²) >= 11 is 0. The Balaban J connectivity index is 2.58. The number of hydrogen-bond acceptors (Lipinski definition) is 4. The number of carbonyl (C=O) groups is 1. The van der Waals surface area contributed by atoms with Crippen molar-refractivity contribution in [3.8, 4) is 5.75 Å². The van der Waals surface area contributed by atoms with Gasteiger partial charge in [0.05, 0.1) is 12.7 Å². The highest BCUT2D eigenvalue weighted by Crippen LogP contribution is 2.18. The van der Waals surface area contributed by atoms with Crippen molar-refractivity contribution in [3.05, 3.63) is 30.1 Å². The second kappa shape index (κ2) is 7.70. The van der Waals surface area contributed by atoms with E-state index in [-0.39, 0.29) is 12.3 Å². The first kappa shape index (κ1) is 15.4. The molecule has 0 saturated carbocycles. The topological polar surface area (TPSA) is 78.8 Å². The number of para-hydroxylation sites is 1. The molecular weight excluding hydrogens is 253 g/mol. The number of ether oxygens (including phenoxy) is 1. The fourth-order valence-electron chi connectivity index (χ4n) is 1.41. The zero-order valence-corrected chi connectivity index (χ0v) is 10.7. The second-order valence-corrected chi connectivity index (χ2v) is 4.03. The lowest BCUT2D eigenvalue weighted by molar-refractivity contribution is -0.128. The second-order valence-electron chi connectivity index (χ2n) is 4.03. The van der Waals surface area contributed by atoms with Gasteiger partial charge in [-0.05, 0) is 18.6 Å². The summed E-state index contributed by atoms with van der Waals surface area (Å²) < 4.78 is 18.7. The molecule has 0 heterocycles. The standard InChI is InChI=1S/C13H18FNO4/c1-2-11(13(18)15-7-9(17)8-16)19-12-6-4-3-5-10(12)14/h3-6,9,11,16-17H,2,7-8H2,1H3,(H,15,18)/t9-,11?/m1/s1. The summed E-state index contributed by atoms with van der Waals surface area (Å²) in [6, 6.07) is 5.82. The molecular formula is C13H18FNO4. The Kier molecular flexibility index (Phi) is 6.24. The minimum absolute atomic E-state index is 0.00667. The first-order chi connectivity index (χ1) is 9.08. The van der Waals surface area contributed by atoms with Crippen molar-refractivity contribution in [2.75, 3.05) is 13.2 Å². The molecule has 0 aliphatic heterocycles. The van der Waals surface area contributed by atoms with Gasteiger partial charge in [0.25, 0.3) is 5.91 Å². The van der Waals surface area contributed by atoms with E-state index in [0.717, 1.165) is 0 Å². The van der Waals surface area contributed by atoms with E-state index >= 15 is 0 Å². The number of aliphatic hydroxyl groups excluding tert-OH is 2. The molecule has 0 fully saturated rings. The van der Waals surface area contributed by atoms with Crippen molar-refractivity contribution in [2.45, 2.75) is 25.6 Å². The molecule has 1 rings (SSSR count). The van der Waals surface area contributed by atoms with Crippen LogP contribution in [0.3, 0.4) is 0 Å². The first-order valence-corrected chi connectivity index (χ1v) is 6.06. The largest absolute Gasteiger partial charge is 0.478 e. The van der Waals surface area contributed by atoms with Crippen LogP contribution in [0.15, 0.2) is 24.3 Å². The zero-order valence-electron chi connectivity index (χ0n) is 10.7. The van der Waals surface area contributed by atoms with Crippen molar-refractivity contribution in [2.24, 2.45) is 0 Å². The van der Waals surface area contributed by atoms with Crippen LogP contribution in [-0.2, 0) is 4.79 Å². The molecule has 0 bridgehead atoms. The Hall–Kier alpha value is -1.66. The minimum Gasteiger partial charge on any atom is -0.478 e. The van der Waals surface area contributed by atoms with Gasteiger partial charge >= 0.3 is 0 Å². The lowest BCUT2D eigenvalue weighted by Gasteiger charge is -2.18. The summed E-state index contributed by atoms with van der Waals surface area (Å²) in [5.74, 6) is -0.991. The predicted octanol–water partition coefficient (Wildman–Crippen LogP) is 0.452. The summed E-state index contributed by atoms with van der Waals surface area (Å²) in [6.07, 6.45) is -1.51. The number of hydrogen-bond donors (Lipinski definition) is 3. The van der Waals surface area contributed by atoms with Crippen LogP contribution in [0.4, 0.5) is 4.39 Å². The van der Waals surface area contributed by atoms with Crippen LogP contribution < -0.4 is 10.1 Å². The first-order valence-electron chi connectivity index (χ1n) is 6.06. The summed E-state index contributed by atoms with van der Waals surface area (Å²) in [4.78, 5) is 11.8. The highest BCUT2D eigenvalue weighted by Gasteiger charge is 2.20. The summed E-state index contributed by atoms with van der Waals surface area (Å²) in [5.41, 5.74) is 0. The van der Waals surface area contributed by atoms with Crippen molar-refractivity contribution in [1.82, 2.24) is 5.32 Å². The third-order valence-electron chi connectivity index (χ3n) is 2.49. The van der Waals surface area contributed by atoms with E-state index in [1.54, 1.807) is 13.0 Å². The fourth-order valence-corrected chi connectivity index (χ4v) is 1.41. The van der Waals surface area contributed by atoms with Gasteiger partial charge in [-0.15, -0.1) is 0 Å². The summed E-state index contributed by atoms with van der Waals surface area (Å²) in [7, 11) is 0. The van der Waals surface area contributed by atoms with Gasteiger partial charge in [0.15, 0.2) is 17.7 Å². The quantitative estimate of drug-likeness (QED) is 0.673. The maximum atomic E-state index is 13.4. The third-order valence-corrected chi connectivity index (χ3v) is 2.49. The van der Waals surface area contributed by atoms with E-state index in [4.69, 9.17) is 14.9 Å². The van der Waals surface area contributed by atoms with E-state index < -0.39 is 30.5 Å². The van der Waals surface area contributed by atoms with E-state index in [1.165, 1.54) is 18.2 Å². The maximum absolute atomic E-state index is 13.4. The normalized spacial score (nSPS) is 13.7. The van der Waals surface area contributed by atoms with E-state index in [1.807, 2.05) is 0 Å². The van der Waals surface area contributed by atoms with Gasteiger partial charge in [-0.3, -0.25) is 4.79 Å². The molecule has 19 heavy (non-hydrogen) atoms. The molecule has 1 aromatic rings. The van der Waals surface area contributed by atoms with Crippen LogP contribution >= 0.6 is 0 Å². The summed E-state index contributed by atoms with van der Waals surface area (Å²) in [5, 5.41) is 20.2. The number of aliphatic hydroxyl groups is 2. The molecule has 0 radical (unpaired) electrons. The summed E-state index contributed by atoms with van der Waals surface area (Å²) in [6.45, 7) is 1.21. The highest BCUT2D eigenvalue weighted by molar-refractivity contribution is 5.81. The van der Waals surface area contributed by atoms with Crippen LogP contribution in [0.1, 0.15) is 13.3 Å². The van der Waals surface area contributed by atoms with Crippen LogP contribution in [0.25, 0.3) is 0 Å². The Morgan fingerprint density at radius 1 is 1.47 bits per heavy atom. The lowest BCUT2D eigenvalue weighted by atomic mass is 10.2. The Morgan fingerprint density at radius 3 is 2.74 bits per heavy atom. The minimum atomic E-state index is -1.02. The van der Waals surface area contributed by atoms with Crippen LogP contribution in [0.2, 0.25) is 0 Å². The SMILES string of the molecule is CCC(Oc1ccccc1F)C(=O)NC[C@@H](O)CO. The van der Waals surface area contributed by atoms with Gasteiger partial charge in [0.1, 0.15) is 0 Å². The Bertz CT molecular complexity index is 413. The monoisotopic (exact) mass is 271 g/mol. The van der Waals surface area contributed by atoms with Gasteiger partial charge in [0, 0.05) is 6.54 Å². The zero-order chi connectivity index (χ0) is 14.3. The number of halogens is 1. The van der Waals surface area contributed by atoms with Gasteiger partial charge < -0.3 is 20.3 Å². The van der Waals surface area contributed by atoms with Crippen LogP contribution in [0, 0.1) is 5.82 Å². The average Bonchev–Trinajstić information content (AvgIpc) is 2.43. The van der Waals surface area contributed by atoms with Crippen molar-refractivity contribution in [3.63, 3.8) is 0 Å². The van der Waals surface area contributed by atoms with Crippen molar-refractivity contribution in [1.29, 1.82) is 0 Å². The van der Waals surface area contributed by atoms with Crippen LogP contribution in [-0.4, -0.2) is 41.5 Å². The number of nitrogens with one attached hydrogen (secondary N) is 1. The molecule has 0 aliphatic carbocycles. The molecule has 6 heteroatoms. The fraction of sp³-hybridized carbons (Fsp3) is 0.462. The molecule has 0 aromatic heterocycles. The smallest absolute Gasteiger partial charge is 0.261 e. The molecule has 1 unspecified atom stereocenters. The van der Waals surface area contributed by atoms with E-state index in [9.17, 15) is 9.18 Å². The molecule has 2 atom stereocenters. The lowest BCUT2D eigenvalue weighted by Crippen LogP contribution is -2.42.